The molecule has 0 aliphatic rings. The van der Waals surface area contributed by atoms with Gasteiger partial charge in [0.25, 0.3) is 0 Å². The smallest absolute Gasteiger partial charge is 0.387 e. The fourth-order valence-electron chi connectivity index (χ4n) is 5.96. The average molecular weight is 756 g/mol. The Kier molecular flexibility index (Phi) is 34.6. The molecule has 0 fully saturated rings. The second kappa shape index (κ2) is 35.4. The van der Waals surface area contributed by atoms with Gasteiger partial charge in [0.1, 0.15) is 13.2 Å². The van der Waals surface area contributed by atoms with Crippen molar-refractivity contribution in [1.29, 1.82) is 0 Å². The third-order valence-electron chi connectivity index (χ3n) is 9.37. The van der Waals surface area contributed by atoms with E-state index in [1.807, 2.05) is 27.2 Å². The first-order chi connectivity index (χ1) is 25.0. The van der Waals surface area contributed by atoms with Crippen molar-refractivity contribution in [1.82, 2.24) is 5.32 Å². The van der Waals surface area contributed by atoms with Crippen LogP contribution in [-0.4, -0.2) is 73.4 Å². The first kappa shape index (κ1) is 50.7. The number of likely N-dealkylation sites (N-methyl/N-ethyl adjacent to an activating group) is 1. The van der Waals surface area contributed by atoms with Crippen LogP contribution in [0.2, 0.25) is 0 Å². The van der Waals surface area contributed by atoms with Crippen LogP contribution in [-0.2, 0) is 18.4 Å². The Morgan fingerprint density at radius 2 is 1.15 bits per heavy atom. The number of allylic oxidation sites excluding steroid dienone is 5. The van der Waals surface area contributed by atoms with Crippen molar-refractivity contribution in [3.63, 3.8) is 0 Å². The summed E-state index contributed by atoms with van der Waals surface area (Å²) >= 11 is 0. The lowest BCUT2D eigenvalue weighted by atomic mass is 10.0. The third-order valence-corrected chi connectivity index (χ3v) is 10.4. The van der Waals surface area contributed by atoms with Gasteiger partial charge in [-0.1, -0.05) is 166 Å². The predicted molar refractivity (Wildman–Crippen MR) is 221 cm³/mol. The lowest BCUT2D eigenvalue weighted by Crippen LogP contribution is -2.45. The van der Waals surface area contributed by atoms with Crippen molar-refractivity contribution in [2.45, 2.75) is 193 Å². The molecule has 52 heavy (non-hydrogen) atoms. The molecule has 0 aromatic heterocycles. The van der Waals surface area contributed by atoms with Crippen LogP contribution >= 0.6 is 7.82 Å². The van der Waals surface area contributed by atoms with E-state index in [1.54, 1.807) is 6.08 Å². The number of hydrogen-bond donors (Lipinski definition) is 3. The molecule has 1 amide bonds. The van der Waals surface area contributed by atoms with Crippen LogP contribution in [0.4, 0.5) is 0 Å². The summed E-state index contributed by atoms with van der Waals surface area (Å²) in [6.45, 7) is 4.67. The zero-order valence-corrected chi connectivity index (χ0v) is 35.4. The number of unbranched alkanes of at least 4 members (excludes halogenated alkanes) is 21. The summed E-state index contributed by atoms with van der Waals surface area (Å²) in [4.78, 5) is 23.0. The Morgan fingerprint density at radius 1 is 0.673 bits per heavy atom. The van der Waals surface area contributed by atoms with E-state index in [0.29, 0.717) is 17.4 Å². The number of carbonyl (C=O) groups excluding carboxylic acids is 1. The fraction of sp³-hybridized carbons (Fsp3) is 0.837. The molecule has 0 heterocycles. The first-order valence-corrected chi connectivity index (χ1v) is 22.9. The molecule has 0 aromatic carbocycles. The summed E-state index contributed by atoms with van der Waals surface area (Å²) in [7, 11) is 1.57. The van der Waals surface area contributed by atoms with Gasteiger partial charge in [-0.05, 0) is 44.9 Å². The minimum Gasteiger partial charge on any atom is -0.387 e. The van der Waals surface area contributed by atoms with Crippen molar-refractivity contribution < 1.29 is 32.9 Å². The van der Waals surface area contributed by atoms with Crippen LogP contribution < -0.4 is 5.32 Å². The largest absolute Gasteiger partial charge is 0.472 e. The normalized spacial score (nSPS) is 14.8. The lowest BCUT2D eigenvalue weighted by Gasteiger charge is -2.25. The van der Waals surface area contributed by atoms with Crippen LogP contribution in [0.3, 0.4) is 0 Å². The highest BCUT2D eigenvalue weighted by atomic mass is 31.2. The number of hydrogen-bond acceptors (Lipinski definition) is 5. The monoisotopic (exact) mass is 756 g/mol. The summed E-state index contributed by atoms with van der Waals surface area (Å²) in [6.07, 6.45) is 42.2. The summed E-state index contributed by atoms with van der Waals surface area (Å²) in [5, 5.41) is 13.7. The van der Waals surface area contributed by atoms with E-state index in [-0.39, 0.29) is 19.1 Å². The van der Waals surface area contributed by atoms with Crippen LogP contribution in [0.1, 0.15) is 181 Å². The maximum atomic E-state index is 12.8. The van der Waals surface area contributed by atoms with E-state index in [9.17, 15) is 19.4 Å². The Labute approximate surface area is 321 Å². The molecule has 0 bridgehead atoms. The van der Waals surface area contributed by atoms with Gasteiger partial charge in [-0.2, -0.15) is 0 Å². The van der Waals surface area contributed by atoms with Gasteiger partial charge in [0.2, 0.25) is 5.91 Å². The number of phosphoric acid groups is 1. The molecule has 9 heteroatoms. The highest BCUT2D eigenvalue weighted by molar-refractivity contribution is 7.47. The van der Waals surface area contributed by atoms with Gasteiger partial charge in [0, 0.05) is 6.42 Å². The van der Waals surface area contributed by atoms with Gasteiger partial charge in [0.05, 0.1) is 39.9 Å². The SMILES string of the molecule is CC/C=C\C/C=C\CCCCCCCCCCCCCCCCC(=O)NC(COP(=O)(O)OCC[N+](C)(C)C)C(O)/C=C/CCCCCCCCC. The topological polar surface area (TPSA) is 105 Å². The summed E-state index contributed by atoms with van der Waals surface area (Å²) in [5.74, 6) is -0.181. The third kappa shape index (κ3) is 37.1. The maximum Gasteiger partial charge on any atom is 0.472 e. The van der Waals surface area contributed by atoms with Crippen molar-refractivity contribution in [3.05, 3.63) is 36.5 Å². The second-order valence-corrected chi connectivity index (χ2v) is 17.1. The van der Waals surface area contributed by atoms with Crippen molar-refractivity contribution >= 4 is 13.7 Å². The number of nitrogens with one attached hydrogen (secondary N) is 1. The van der Waals surface area contributed by atoms with Crippen molar-refractivity contribution in [2.75, 3.05) is 40.9 Å². The molecule has 0 saturated carbocycles. The summed E-state index contributed by atoms with van der Waals surface area (Å²) in [6, 6.07) is -0.842. The van der Waals surface area contributed by atoms with Crippen LogP contribution in [0.15, 0.2) is 36.5 Å². The number of nitrogens with zero attached hydrogens (tertiary/aromatic N) is 1. The zero-order chi connectivity index (χ0) is 38.6. The molecule has 3 N–H and O–H groups in total. The maximum absolute atomic E-state index is 12.8. The summed E-state index contributed by atoms with van der Waals surface area (Å²) in [5.41, 5.74) is 0. The summed E-state index contributed by atoms with van der Waals surface area (Å²) < 4.78 is 23.5. The van der Waals surface area contributed by atoms with Crippen LogP contribution in [0.5, 0.6) is 0 Å². The molecule has 306 valence electrons. The Bertz CT molecular complexity index is 948. The molecule has 0 aromatic rings. The highest BCUT2D eigenvalue weighted by Crippen LogP contribution is 2.43. The van der Waals surface area contributed by atoms with Gasteiger partial charge in [-0.15, -0.1) is 0 Å². The number of carbonyl (C=O) groups is 1. The quantitative estimate of drug-likeness (QED) is 0.0251. The Morgan fingerprint density at radius 3 is 1.67 bits per heavy atom. The van der Waals surface area contributed by atoms with E-state index in [2.05, 4.69) is 43.5 Å². The second-order valence-electron chi connectivity index (χ2n) is 15.7. The van der Waals surface area contributed by atoms with Crippen LogP contribution in [0.25, 0.3) is 0 Å². The number of quaternary nitrogens is 1. The minimum atomic E-state index is -4.33. The molecule has 0 saturated heterocycles. The standard InChI is InChI=1S/C43H83N2O6P/c1-6-8-10-12-14-16-17-18-19-20-21-22-23-24-25-26-27-29-31-33-35-37-43(47)44-41(40-51-52(48,49)50-39-38-45(3,4)5)42(46)36-34-32-30-28-15-13-11-9-7-2/h8,10,14,16,34,36,41-42,46H,6-7,9,11-13,15,17-33,35,37-40H2,1-5H3,(H-,44,47,48,49)/p+1/b10-8-,16-14-,36-34+. The number of rotatable bonds is 38. The molecular formula is C43H84N2O6P+. The molecule has 0 aliphatic heterocycles. The van der Waals surface area contributed by atoms with Gasteiger partial charge in [-0.3, -0.25) is 13.8 Å². The van der Waals surface area contributed by atoms with Gasteiger partial charge in [-0.25, -0.2) is 4.57 Å². The van der Waals surface area contributed by atoms with E-state index >= 15 is 0 Å². The van der Waals surface area contributed by atoms with E-state index < -0.39 is 20.0 Å². The molecule has 0 rings (SSSR count). The Balaban J connectivity index is 4.25. The molecule has 0 spiro atoms. The fourth-order valence-corrected chi connectivity index (χ4v) is 6.70. The van der Waals surface area contributed by atoms with Crippen molar-refractivity contribution in [2.24, 2.45) is 0 Å². The number of aliphatic hydroxyl groups is 1. The lowest BCUT2D eigenvalue weighted by molar-refractivity contribution is -0.870. The minimum absolute atomic E-state index is 0.0614. The van der Waals surface area contributed by atoms with Crippen molar-refractivity contribution in [3.8, 4) is 0 Å². The average Bonchev–Trinajstić information content (AvgIpc) is 3.09. The molecule has 3 atom stereocenters. The molecular weight excluding hydrogens is 671 g/mol. The highest BCUT2D eigenvalue weighted by Gasteiger charge is 2.27. The number of phosphoric ester groups is 1. The van der Waals surface area contributed by atoms with E-state index in [0.717, 1.165) is 51.4 Å². The molecule has 0 aliphatic carbocycles. The van der Waals surface area contributed by atoms with Crippen LogP contribution in [0, 0.1) is 0 Å². The molecule has 8 nitrogen and oxygen atoms in total. The number of amides is 1. The number of aliphatic hydroxyl groups excluding tert-OH is 1. The van der Waals surface area contributed by atoms with Gasteiger partial charge < -0.3 is 19.8 Å². The van der Waals surface area contributed by atoms with Gasteiger partial charge in [0.15, 0.2) is 0 Å². The molecule has 0 radical (unpaired) electrons. The zero-order valence-electron chi connectivity index (χ0n) is 34.5. The van der Waals surface area contributed by atoms with Gasteiger partial charge >= 0.3 is 7.82 Å². The predicted octanol–water partition coefficient (Wildman–Crippen LogP) is 11.5. The van der Waals surface area contributed by atoms with E-state index in [1.165, 1.54) is 109 Å². The first-order valence-electron chi connectivity index (χ1n) is 21.4. The van der Waals surface area contributed by atoms with E-state index in [4.69, 9.17) is 9.05 Å². The molecule has 3 unspecified atom stereocenters. The Hall–Kier alpha value is -1.28.